The number of amides is 1. The Morgan fingerprint density at radius 3 is 2.95 bits per heavy atom. The van der Waals surface area contributed by atoms with E-state index in [9.17, 15) is 4.79 Å². The van der Waals surface area contributed by atoms with Crippen LogP contribution in [0.1, 0.15) is 30.5 Å². The number of hydrogen-bond donors (Lipinski definition) is 2. The summed E-state index contributed by atoms with van der Waals surface area (Å²) in [6.07, 6.45) is 3.13. The summed E-state index contributed by atoms with van der Waals surface area (Å²) in [5.74, 6) is 1.30. The maximum Gasteiger partial charge on any atom is 0.221 e. The van der Waals surface area contributed by atoms with Gasteiger partial charge >= 0.3 is 0 Å². The zero-order valence-corrected chi connectivity index (χ0v) is 12.3. The van der Waals surface area contributed by atoms with Crippen LogP contribution in [0.4, 0.5) is 5.82 Å². The molecule has 2 N–H and O–H groups in total. The van der Waals surface area contributed by atoms with Crippen LogP contribution in [0.15, 0.2) is 0 Å². The van der Waals surface area contributed by atoms with Crippen molar-refractivity contribution in [2.24, 2.45) is 7.05 Å². The molecule has 0 aromatic carbocycles. The average molecular weight is 277 g/mol. The van der Waals surface area contributed by atoms with Crippen molar-refractivity contribution in [2.45, 2.75) is 38.8 Å². The Hall–Kier alpha value is -1.56. The minimum Gasteiger partial charge on any atom is -0.354 e. The first-order chi connectivity index (χ1) is 9.65. The molecule has 1 aliphatic carbocycles. The number of nitrogens with one attached hydrogen (secondary N) is 2. The monoisotopic (exact) mass is 277 g/mol. The number of aryl methyl sites for hydroxylation is 2. The zero-order valence-electron chi connectivity index (χ0n) is 12.3. The van der Waals surface area contributed by atoms with Crippen LogP contribution in [-0.4, -0.2) is 41.4 Å². The summed E-state index contributed by atoms with van der Waals surface area (Å²) in [4.78, 5) is 13.8. The van der Waals surface area contributed by atoms with Gasteiger partial charge in [-0.15, -0.1) is 0 Å². The third-order valence-electron chi connectivity index (χ3n) is 4.07. The molecule has 1 aromatic rings. The highest BCUT2D eigenvalue weighted by atomic mass is 16.1. The topological polar surface area (TPSA) is 62.2 Å². The van der Waals surface area contributed by atoms with Gasteiger partial charge in [0.1, 0.15) is 5.82 Å². The maximum atomic E-state index is 11.5. The van der Waals surface area contributed by atoms with Gasteiger partial charge in [0.15, 0.2) is 0 Å². The van der Waals surface area contributed by atoms with Gasteiger partial charge < -0.3 is 15.5 Å². The Labute approximate surface area is 119 Å². The normalized spacial score (nSPS) is 19.9. The molecule has 0 radical (unpaired) electrons. The van der Waals surface area contributed by atoms with Gasteiger partial charge in [0.05, 0.1) is 5.69 Å². The van der Waals surface area contributed by atoms with Crippen molar-refractivity contribution < 1.29 is 4.79 Å². The molecule has 0 unspecified atom stereocenters. The van der Waals surface area contributed by atoms with Crippen LogP contribution in [0.2, 0.25) is 0 Å². The highest BCUT2D eigenvalue weighted by molar-refractivity contribution is 5.77. The minimum atomic E-state index is 0.143. The van der Waals surface area contributed by atoms with E-state index in [0.29, 0.717) is 19.0 Å². The number of nitrogens with zero attached hydrogens (tertiary/aromatic N) is 3. The summed E-state index contributed by atoms with van der Waals surface area (Å²) in [6, 6.07) is 0.690. The van der Waals surface area contributed by atoms with Crippen molar-refractivity contribution >= 4 is 11.7 Å². The summed E-state index contributed by atoms with van der Waals surface area (Å²) < 4.78 is 1.95. The first kappa shape index (κ1) is 13.4. The van der Waals surface area contributed by atoms with Crippen molar-refractivity contribution in [3.8, 4) is 0 Å². The Bertz CT molecular complexity index is 506. The van der Waals surface area contributed by atoms with Gasteiger partial charge in [0.2, 0.25) is 5.91 Å². The molecule has 3 rings (SSSR count). The second kappa shape index (κ2) is 5.44. The van der Waals surface area contributed by atoms with Crippen LogP contribution < -0.4 is 15.5 Å². The van der Waals surface area contributed by atoms with Crippen molar-refractivity contribution in [1.29, 1.82) is 0 Å². The van der Waals surface area contributed by atoms with Gasteiger partial charge in [0.25, 0.3) is 0 Å². The van der Waals surface area contributed by atoms with Crippen LogP contribution in [-0.2, 0) is 18.4 Å². The molecule has 1 saturated heterocycles. The van der Waals surface area contributed by atoms with Gasteiger partial charge in [-0.3, -0.25) is 9.48 Å². The number of hydrogen-bond acceptors (Lipinski definition) is 4. The van der Waals surface area contributed by atoms with Crippen molar-refractivity contribution in [3.05, 3.63) is 11.3 Å². The highest BCUT2D eigenvalue weighted by Gasteiger charge is 2.25. The van der Waals surface area contributed by atoms with E-state index in [0.717, 1.165) is 31.1 Å². The molecule has 6 nitrogen and oxygen atoms in total. The van der Waals surface area contributed by atoms with E-state index >= 15 is 0 Å². The molecule has 2 heterocycles. The van der Waals surface area contributed by atoms with E-state index < -0.39 is 0 Å². The molecule has 0 spiro atoms. The number of carbonyl (C=O) groups excluding carboxylic acids is 1. The molecule has 2 aliphatic rings. The van der Waals surface area contributed by atoms with Crippen LogP contribution in [0.25, 0.3) is 0 Å². The third-order valence-corrected chi connectivity index (χ3v) is 4.07. The molecule has 2 fully saturated rings. The molecular weight excluding hydrogens is 254 g/mol. The standard InChI is InChI=1S/C14H23N5O/c1-10-12(9-16-11-3-4-11)14(18(2)17-10)19-7-5-13(20)15-6-8-19/h11,16H,3-9H2,1-2H3,(H,15,20). The fraction of sp³-hybridized carbons (Fsp3) is 0.714. The van der Waals surface area contributed by atoms with E-state index in [1.165, 1.54) is 18.4 Å². The first-order valence-corrected chi connectivity index (χ1v) is 7.42. The zero-order chi connectivity index (χ0) is 14.1. The fourth-order valence-corrected chi connectivity index (χ4v) is 2.80. The second-order valence-corrected chi connectivity index (χ2v) is 5.75. The molecule has 6 heteroatoms. The molecule has 1 saturated carbocycles. The third kappa shape index (κ3) is 2.80. The molecule has 110 valence electrons. The van der Waals surface area contributed by atoms with Gasteiger partial charge in [-0.05, 0) is 19.8 Å². The Balaban J connectivity index is 1.80. The van der Waals surface area contributed by atoms with E-state index in [1.54, 1.807) is 0 Å². The van der Waals surface area contributed by atoms with Gasteiger partial charge in [0, 0.05) is 51.3 Å². The molecular formula is C14H23N5O. The molecule has 0 bridgehead atoms. The van der Waals surface area contributed by atoms with Crippen molar-refractivity contribution in [3.63, 3.8) is 0 Å². The van der Waals surface area contributed by atoms with E-state index in [4.69, 9.17) is 0 Å². The first-order valence-electron chi connectivity index (χ1n) is 7.42. The lowest BCUT2D eigenvalue weighted by Gasteiger charge is -2.23. The highest BCUT2D eigenvalue weighted by Crippen LogP contribution is 2.26. The van der Waals surface area contributed by atoms with Crippen LogP contribution in [0.5, 0.6) is 0 Å². The summed E-state index contributed by atoms with van der Waals surface area (Å²) in [5.41, 5.74) is 2.35. The maximum absolute atomic E-state index is 11.5. The number of rotatable bonds is 4. The van der Waals surface area contributed by atoms with Crippen LogP contribution >= 0.6 is 0 Å². The predicted octanol–water partition coefficient (Wildman–Crippen LogP) is 0.307. The smallest absolute Gasteiger partial charge is 0.221 e. The molecule has 20 heavy (non-hydrogen) atoms. The van der Waals surface area contributed by atoms with E-state index in [2.05, 4.69) is 27.6 Å². The Morgan fingerprint density at radius 2 is 2.20 bits per heavy atom. The van der Waals surface area contributed by atoms with Crippen molar-refractivity contribution in [1.82, 2.24) is 20.4 Å². The number of aromatic nitrogens is 2. The lowest BCUT2D eigenvalue weighted by atomic mass is 10.2. The largest absolute Gasteiger partial charge is 0.354 e. The quantitative estimate of drug-likeness (QED) is 0.831. The SMILES string of the molecule is Cc1nn(C)c(N2CCNC(=O)CC2)c1CNC1CC1. The van der Waals surface area contributed by atoms with E-state index in [1.807, 2.05) is 11.7 Å². The summed E-state index contributed by atoms with van der Waals surface area (Å²) in [6.45, 7) is 5.26. The Kier molecular flexibility index (Phi) is 3.65. The lowest BCUT2D eigenvalue weighted by molar-refractivity contribution is -0.120. The number of anilines is 1. The van der Waals surface area contributed by atoms with Crippen LogP contribution in [0.3, 0.4) is 0 Å². The second-order valence-electron chi connectivity index (χ2n) is 5.75. The van der Waals surface area contributed by atoms with E-state index in [-0.39, 0.29) is 5.91 Å². The lowest BCUT2D eigenvalue weighted by Crippen LogP contribution is -2.31. The summed E-state index contributed by atoms with van der Waals surface area (Å²) in [5, 5.41) is 11.1. The fourth-order valence-electron chi connectivity index (χ4n) is 2.80. The summed E-state index contributed by atoms with van der Waals surface area (Å²) >= 11 is 0. The average Bonchev–Trinajstić information content (AvgIpc) is 3.19. The molecule has 0 atom stereocenters. The van der Waals surface area contributed by atoms with Crippen LogP contribution in [0, 0.1) is 6.92 Å². The minimum absolute atomic E-state index is 0.143. The Morgan fingerprint density at radius 1 is 1.40 bits per heavy atom. The van der Waals surface area contributed by atoms with Gasteiger partial charge in [-0.2, -0.15) is 5.10 Å². The van der Waals surface area contributed by atoms with Gasteiger partial charge in [-0.25, -0.2) is 0 Å². The summed E-state index contributed by atoms with van der Waals surface area (Å²) in [7, 11) is 1.99. The molecule has 1 amide bonds. The predicted molar refractivity (Wildman–Crippen MR) is 77.6 cm³/mol. The van der Waals surface area contributed by atoms with Crippen molar-refractivity contribution in [2.75, 3.05) is 24.5 Å². The molecule has 1 aliphatic heterocycles. The molecule has 1 aromatic heterocycles. The van der Waals surface area contributed by atoms with Gasteiger partial charge in [-0.1, -0.05) is 0 Å². The number of carbonyl (C=O) groups is 1.